The van der Waals surface area contributed by atoms with Gasteiger partial charge in [-0.05, 0) is 44.8 Å². The zero-order valence-corrected chi connectivity index (χ0v) is 15.1. The highest BCUT2D eigenvalue weighted by atomic mass is 32.2. The Morgan fingerprint density at radius 2 is 1.86 bits per heavy atom. The van der Waals surface area contributed by atoms with Crippen LogP contribution in [0.15, 0.2) is 5.03 Å². The van der Waals surface area contributed by atoms with Gasteiger partial charge < -0.3 is 5.32 Å². The molecule has 0 bridgehead atoms. The van der Waals surface area contributed by atoms with Crippen LogP contribution in [-0.4, -0.2) is 28.2 Å². The fraction of sp³-hybridized carbons (Fsp3) is 0.706. The van der Waals surface area contributed by atoms with Crippen molar-refractivity contribution in [1.29, 1.82) is 0 Å². The van der Waals surface area contributed by atoms with Gasteiger partial charge in [0.05, 0.1) is 11.3 Å². The molecule has 5 heteroatoms. The summed E-state index contributed by atoms with van der Waals surface area (Å²) < 4.78 is 0. The highest BCUT2D eigenvalue weighted by molar-refractivity contribution is 7.98. The van der Waals surface area contributed by atoms with Crippen LogP contribution in [0.1, 0.15) is 74.2 Å². The summed E-state index contributed by atoms with van der Waals surface area (Å²) in [5, 5.41) is 3.98. The summed E-state index contributed by atoms with van der Waals surface area (Å²) in [6.07, 6.45) is 6.51. The maximum Gasteiger partial charge on any atom is 0.256 e. The van der Waals surface area contributed by atoms with E-state index in [-0.39, 0.29) is 11.8 Å². The van der Waals surface area contributed by atoms with Crippen molar-refractivity contribution in [2.45, 2.75) is 70.4 Å². The van der Waals surface area contributed by atoms with Crippen LogP contribution in [0.4, 0.5) is 0 Å². The first-order valence-corrected chi connectivity index (χ1v) is 9.38. The average Bonchev–Trinajstić information content (AvgIpc) is 2.48. The van der Waals surface area contributed by atoms with Gasteiger partial charge in [0.25, 0.3) is 5.91 Å². The number of hydrogen-bond donors (Lipinski definition) is 1. The predicted octanol–water partition coefficient (Wildman–Crippen LogP) is 3.94. The smallest absolute Gasteiger partial charge is 0.256 e. The Hall–Kier alpha value is -1.10. The third kappa shape index (κ3) is 4.00. The van der Waals surface area contributed by atoms with Gasteiger partial charge in [0.1, 0.15) is 10.9 Å². The van der Waals surface area contributed by atoms with Crippen LogP contribution in [0.2, 0.25) is 0 Å². The highest BCUT2D eigenvalue weighted by Gasteiger charge is 2.24. The normalized spacial score (nSPS) is 21.9. The summed E-state index contributed by atoms with van der Waals surface area (Å²) in [4.78, 5) is 21.8. The minimum atomic E-state index is -0.0169. The maximum atomic E-state index is 12.7. The number of carbonyl (C=O) groups excluding carboxylic acids is 1. The molecule has 0 atom stereocenters. The third-order valence-electron chi connectivity index (χ3n) is 4.36. The fourth-order valence-corrected chi connectivity index (χ4v) is 3.53. The van der Waals surface area contributed by atoms with E-state index in [4.69, 9.17) is 0 Å². The summed E-state index contributed by atoms with van der Waals surface area (Å²) in [7, 11) is 0. The topological polar surface area (TPSA) is 54.9 Å². The fourth-order valence-electron chi connectivity index (χ4n) is 2.90. The molecule has 0 saturated heterocycles. The SMILES string of the molecule is CSc1nc(C(C)C)nc(C)c1C(=O)NC1CCC(C)CC1. The van der Waals surface area contributed by atoms with E-state index in [1.807, 2.05) is 13.2 Å². The number of thioether (sulfide) groups is 1. The van der Waals surface area contributed by atoms with E-state index in [9.17, 15) is 4.79 Å². The van der Waals surface area contributed by atoms with Crippen LogP contribution < -0.4 is 5.32 Å². The number of aromatic nitrogens is 2. The van der Waals surface area contributed by atoms with Crippen LogP contribution in [-0.2, 0) is 0 Å². The van der Waals surface area contributed by atoms with Gasteiger partial charge in [-0.3, -0.25) is 4.79 Å². The molecule has 2 rings (SSSR count). The first-order chi connectivity index (χ1) is 10.4. The van der Waals surface area contributed by atoms with E-state index in [0.717, 1.165) is 35.3 Å². The maximum absolute atomic E-state index is 12.7. The van der Waals surface area contributed by atoms with Gasteiger partial charge in [-0.1, -0.05) is 20.8 Å². The number of amides is 1. The molecule has 1 aliphatic carbocycles. The lowest BCUT2D eigenvalue weighted by molar-refractivity contribution is 0.0918. The lowest BCUT2D eigenvalue weighted by atomic mass is 9.87. The monoisotopic (exact) mass is 321 g/mol. The van der Waals surface area contributed by atoms with Gasteiger partial charge in [-0.15, -0.1) is 11.8 Å². The van der Waals surface area contributed by atoms with Gasteiger partial charge in [-0.25, -0.2) is 9.97 Å². The predicted molar refractivity (Wildman–Crippen MR) is 91.5 cm³/mol. The van der Waals surface area contributed by atoms with Crippen LogP contribution in [0.5, 0.6) is 0 Å². The van der Waals surface area contributed by atoms with Crippen LogP contribution in [0.25, 0.3) is 0 Å². The Morgan fingerprint density at radius 3 is 2.41 bits per heavy atom. The molecule has 1 amide bonds. The molecular weight excluding hydrogens is 294 g/mol. The molecule has 1 fully saturated rings. The average molecular weight is 321 g/mol. The van der Waals surface area contributed by atoms with E-state index in [2.05, 4.69) is 36.1 Å². The van der Waals surface area contributed by atoms with Gasteiger partial charge >= 0.3 is 0 Å². The van der Waals surface area contributed by atoms with Crippen molar-refractivity contribution in [3.8, 4) is 0 Å². The summed E-state index contributed by atoms with van der Waals surface area (Å²) in [6, 6.07) is 0.294. The minimum absolute atomic E-state index is 0.0169. The van der Waals surface area contributed by atoms with Crippen LogP contribution in [0.3, 0.4) is 0 Å². The molecule has 1 aromatic rings. The number of carbonyl (C=O) groups is 1. The number of aryl methyl sites for hydroxylation is 1. The van der Waals surface area contributed by atoms with Gasteiger partial charge in [0.15, 0.2) is 0 Å². The summed E-state index contributed by atoms with van der Waals surface area (Å²) in [5.41, 5.74) is 1.43. The molecule has 22 heavy (non-hydrogen) atoms. The molecule has 0 aromatic carbocycles. The molecule has 1 N–H and O–H groups in total. The number of nitrogens with zero attached hydrogens (tertiary/aromatic N) is 2. The van der Waals surface area contributed by atoms with Gasteiger partial charge in [0.2, 0.25) is 0 Å². The van der Waals surface area contributed by atoms with Crippen molar-refractivity contribution in [3.05, 3.63) is 17.1 Å². The lowest BCUT2D eigenvalue weighted by Gasteiger charge is -2.27. The quantitative estimate of drug-likeness (QED) is 0.674. The summed E-state index contributed by atoms with van der Waals surface area (Å²) in [6.45, 7) is 8.33. The number of rotatable bonds is 4. The minimum Gasteiger partial charge on any atom is -0.349 e. The first-order valence-electron chi connectivity index (χ1n) is 8.15. The van der Waals surface area contributed by atoms with E-state index < -0.39 is 0 Å². The van der Waals surface area contributed by atoms with Gasteiger partial charge in [-0.2, -0.15) is 0 Å². The summed E-state index contributed by atoms with van der Waals surface area (Å²) >= 11 is 1.52. The molecular formula is C17H27N3OS. The Kier molecular flexibility index (Phi) is 5.84. The number of hydrogen-bond acceptors (Lipinski definition) is 4. The van der Waals surface area contributed by atoms with Crippen LogP contribution in [0, 0.1) is 12.8 Å². The molecule has 0 unspecified atom stereocenters. The number of nitrogens with one attached hydrogen (secondary N) is 1. The Morgan fingerprint density at radius 1 is 1.23 bits per heavy atom. The van der Waals surface area contributed by atoms with E-state index in [1.54, 1.807) is 0 Å². The van der Waals surface area contributed by atoms with Crippen molar-refractivity contribution < 1.29 is 4.79 Å². The Labute approximate surface area is 137 Å². The second kappa shape index (κ2) is 7.44. The highest BCUT2D eigenvalue weighted by Crippen LogP contribution is 2.26. The molecule has 0 aliphatic heterocycles. The molecule has 1 saturated carbocycles. The second-order valence-corrected chi connectivity index (χ2v) is 7.43. The molecule has 0 spiro atoms. The summed E-state index contributed by atoms with van der Waals surface area (Å²) in [5.74, 6) is 1.84. The second-order valence-electron chi connectivity index (χ2n) is 6.64. The molecule has 1 aliphatic rings. The Balaban J connectivity index is 2.18. The molecule has 122 valence electrons. The largest absolute Gasteiger partial charge is 0.349 e. The zero-order chi connectivity index (χ0) is 16.3. The molecule has 1 aromatic heterocycles. The lowest BCUT2D eigenvalue weighted by Crippen LogP contribution is -2.38. The molecule has 4 nitrogen and oxygen atoms in total. The van der Waals surface area contributed by atoms with Crippen molar-refractivity contribution >= 4 is 17.7 Å². The third-order valence-corrected chi connectivity index (χ3v) is 5.04. The van der Waals surface area contributed by atoms with Crippen molar-refractivity contribution in [2.75, 3.05) is 6.26 Å². The zero-order valence-electron chi connectivity index (χ0n) is 14.3. The van der Waals surface area contributed by atoms with Gasteiger partial charge in [0, 0.05) is 12.0 Å². The first kappa shape index (κ1) is 17.3. The van der Waals surface area contributed by atoms with E-state index in [1.165, 1.54) is 24.6 Å². The van der Waals surface area contributed by atoms with Crippen molar-refractivity contribution in [3.63, 3.8) is 0 Å². The van der Waals surface area contributed by atoms with E-state index in [0.29, 0.717) is 11.6 Å². The Bertz CT molecular complexity index is 537. The van der Waals surface area contributed by atoms with Crippen LogP contribution >= 0.6 is 11.8 Å². The van der Waals surface area contributed by atoms with E-state index >= 15 is 0 Å². The molecule has 1 heterocycles. The van der Waals surface area contributed by atoms with Crippen molar-refractivity contribution in [1.82, 2.24) is 15.3 Å². The standard InChI is InChI=1S/C17H27N3OS/c1-10(2)15-18-12(4)14(17(20-15)22-5)16(21)19-13-8-6-11(3)7-9-13/h10-11,13H,6-9H2,1-5H3,(H,19,21). The molecule has 0 radical (unpaired) electrons. The van der Waals surface area contributed by atoms with Crippen molar-refractivity contribution in [2.24, 2.45) is 5.92 Å².